The van der Waals surface area contributed by atoms with Crippen LogP contribution in [0.3, 0.4) is 0 Å². The van der Waals surface area contributed by atoms with Crippen molar-refractivity contribution >= 4 is 27.3 Å². The Morgan fingerprint density at radius 1 is 1.21 bits per heavy atom. The summed E-state index contributed by atoms with van der Waals surface area (Å²) < 4.78 is 22.9. The van der Waals surface area contributed by atoms with Crippen LogP contribution in [0.25, 0.3) is 0 Å². The monoisotopic (exact) mass is 303 g/mol. The van der Waals surface area contributed by atoms with Crippen LogP contribution in [0.1, 0.15) is 26.6 Å². The van der Waals surface area contributed by atoms with E-state index in [4.69, 9.17) is 11.6 Å². The van der Waals surface area contributed by atoms with E-state index in [2.05, 4.69) is 9.97 Å². The number of nitrogens with zero attached hydrogens (tertiary/aromatic N) is 3. The van der Waals surface area contributed by atoms with Crippen molar-refractivity contribution in [3.63, 3.8) is 0 Å². The van der Waals surface area contributed by atoms with Crippen LogP contribution in [0.5, 0.6) is 0 Å². The molecular weight excluding hydrogens is 286 g/mol. The standard InChI is InChI=1S/C12H18ClN3O2S/c1-12(2,3)11-14-9(13)8-10(15-11)16-4-6-19(17,18)7-5-16/h8H,4-7H2,1-3H3. The number of aromatic nitrogens is 2. The number of anilines is 1. The minimum Gasteiger partial charge on any atom is -0.354 e. The smallest absolute Gasteiger partial charge is 0.153 e. The van der Waals surface area contributed by atoms with Crippen molar-refractivity contribution in [3.8, 4) is 0 Å². The number of hydrogen-bond donors (Lipinski definition) is 0. The van der Waals surface area contributed by atoms with E-state index in [1.807, 2.05) is 25.7 Å². The van der Waals surface area contributed by atoms with Crippen LogP contribution in [0, 0.1) is 0 Å². The topological polar surface area (TPSA) is 63.2 Å². The molecule has 1 aromatic rings. The lowest BCUT2D eigenvalue weighted by Crippen LogP contribution is -2.41. The summed E-state index contributed by atoms with van der Waals surface area (Å²) in [6.45, 7) is 6.97. The van der Waals surface area contributed by atoms with Crippen LogP contribution in [0.15, 0.2) is 6.07 Å². The first-order chi connectivity index (χ1) is 8.67. The molecule has 0 amide bonds. The van der Waals surface area contributed by atoms with E-state index < -0.39 is 9.84 Å². The maximum absolute atomic E-state index is 11.4. The van der Waals surface area contributed by atoms with Gasteiger partial charge in [-0.15, -0.1) is 0 Å². The summed E-state index contributed by atoms with van der Waals surface area (Å²) in [6.07, 6.45) is 0. The highest BCUT2D eigenvalue weighted by molar-refractivity contribution is 7.91. The van der Waals surface area contributed by atoms with E-state index in [0.717, 1.165) is 0 Å². The van der Waals surface area contributed by atoms with Crippen molar-refractivity contribution in [1.82, 2.24) is 9.97 Å². The summed E-state index contributed by atoms with van der Waals surface area (Å²) in [6, 6.07) is 1.69. The van der Waals surface area contributed by atoms with E-state index in [9.17, 15) is 8.42 Å². The van der Waals surface area contributed by atoms with Crippen LogP contribution >= 0.6 is 11.6 Å². The van der Waals surface area contributed by atoms with Crippen molar-refractivity contribution in [2.75, 3.05) is 29.5 Å². The molecule has 0 spiro atoms. The maximum Gasteiger partial charge on any atom is 0.153 e. The van der Waals surface area contributed by atoms with Gasteiger partial charge >= 0.3 is 0 Å². The summed E-state index contributed by atoms with van der Waals surface area (Å²) in [5.41, 5.74) is -0.193. The highest BCUT2D eigenvalue weighted by Gasteiger charge is 2.25. The highest BCUT2D eigenvalue weighted by atomic mass is 35.5. The minimum atomic E-state index is -2.89. The van der Waals surface area contributed by atoms with Gasteiger partial charge in [0.2, 0.25) is 0 Å². The van der Waals surface area contributed by atoms with Crippen LogP contribution < -0.4 is 4.90 Å². The zero-order valence-corrected chi connectivity index (χ0v) is 12.9. The van der Waals surface area contributed by atoms with Crippen LogP contribution in [-0.4, -0.2) is 43.0 Å². The molecule has 1 fully saturated rings. The Balaban J connectivity index is 2.29. The molecule has 0 bridgehead atoms. The summed E-state index contributed by atoms with van der Waals surface area (Å²) in [5, 5.41) is 0.392. The molecule has 7 heteroatoms. The van der Waals surface area contributed by atoms with Gasteiger partial charge < -0.3 is 4.90 Å². The SMILES string of the molecule is CC(C)(C)c1nc(Cl)cc(N2CCS(=O)(=O)CC2)n1. The zero-order chi connectivity index (χ0) is 14.3. The van der Waals surface area contributed by atoms with Crippen molar-refractivity contribution in [2.45, 2.75) is 26.2 Å². The van der Waals surface area contributed by atoms with E-state index >= 15 is 0 Å². The average molecular weight is 304 g/mol. The third-order valence-corrected chi connectivity index (χ3v) is 4.82. The predicted octanol–water partition coefficient (Wildman–Crippen LogP) is 1.66. The second kappa shape index (κ2) is 4.90. The zero-order valence-electron chi connectivity index (χ0n) is 11.4. The molecule has 19 heavy (non-hydrogen) atoms. The summed E-state index contributed by atoms with van der Waals surface area (Å²) in [5.74, 6) is 1.71. The molecule has 0 N–H and O–H groups in total. The first-order valence-electron chi connectivity index (χ1n) is 6.18. The molecule has 1 aliphatic heterocycles. The fourth-order valence-corrected chi connectivity index (χ4v) is 3.22. The third kappa shape index (κ3) is 3.57. The van der Waals surface area contributed by atoms with Gasteiger partial charge in [0.1, 0.15) is 16.8 Å². The first kappa shape index (κ1) is 14.5. The molecule has 0 saturated carbocycles. The molecular formula is C12H18ClN3O2S. The van der Waals surface area contributed by atoms with Crippen molar-refractivity contribution in [2.24, 2.45) is 0 Å². The Morgan fingerprint density at radius 2 is 1.79 bits per heavy atom. The van der Waals surface area contributed by atoms with Gasteiger partial charge in [0.15, 0.2) is 9.84 Å². The Labute approximate surface area is 118 Å². The number of sulfone groups is 1. The molecule has 0 aromatic carbocycles. The quantitative estimate of drug-likeness (QED) is 0.738. The van der Waals surface area contributed by atoms with Crippen LogP contribution in [-0.2, 0) is 15.3 Å². The first-order valence-corrected chi connectivity index (χ1v) is 8.38. The van der Waals surface area contributed by atoms with Crippen LogP contribution in [0.2, 0.25) is 5.15 Å². The molecule has 2 rings (SSSR count). The lowest BCUT2D eigenvalue weighted by Gasteiger charge is -2.29. The number of rotatable bonds is 1. The van der Waals surface area contributed by atoms with E-state index in [1.54, 1.807) is 6.07 Å². The number of hydrogen-bond acceptors (Lipinski definition) is 5. The summed E-state index contributed by atoms with van der Waals surface area (Å²) in [7, 11) is -2.89. The maximum atomic E-state index is 11.4. The number of halogens is 1. The van der Waals surface area contributed by atoms with Gasteiger partial charge in [0.05, 0.1) is 11.5 Å². The van der Waals surface area contributed by atoms with Gasteiger partial charge in [-0.2, -0.15) is 0 Å². The lowest BCUT2D eigenvalue weighted by atomic mass is 9.96. The van der Waals surface area contributed by atoms with Gasteiger partial charge in [0.25, 0.3) is 0 Å². The highest BCUT2D eigenvalue weighted by Crippen LogP contribution is 2.24. The van der Waals surface area contributed by atoms with Crippen molar-refractivity contribution in [3.05, 3.63) is 17.0 Å². The second-order valence-corrected chi connectivity index (χ2v) is 8.45. The van der Waals surface area contributed by atoms with Gasteiger partial charge in [-0.1, -0.05) is 32.4 Å². The van der Waals surface area contributed by atoms with E-state index in [0.29, 0.717) is 29.9 Å². The Morgan fingerprint density at radius 3 is 2.32 bits per heavy atom. The molecule has 1 aliphatic rings. The van der Waals surface area contributed by atoms with Crippen molar-refractivity contribution < 1.29 is 8.42 Å². The molecule has 0 unspecified atom stereocenters. The molecule has 0 atom stereocenters. The third-order valence-electron chi connectivity index (χ3n) is 3.02. The second-order valence-electron chi connectivity index (χ2n) is 5.76. The lowest BCUT2D eigenvalue weighted by molar-refractivity contribution is 0.543. The summed E-state index contributed by atoms with van der Waals surface area (Å²) in [4.78, 5) is 10.7. The minimum absolute atomic E-state index is 0.166. The molecule has 0 radical (unpaired) electrons. The molecule has 1 aromatic heterocycles. The fourth-order valence-electron chi connectivity index (χ4n) is 1.84. The largest absolute Gasteiger partial charge is 0.354 e. The van der Waals surface area contributed by atoms with Crippen LogP contribution in [0.4, 0.5) is 5.82 Å². The van der Waals surface area contributed by atoms with Gasteiger partial charge in [-0.3, -0.25) is 0 Å². The van der Waals surface area contributed by atoms with Gasteiger partial charge in [-0.05, 0) is 0 Å². The molecule has 106 valence electrons. The average Bonchev–Trinajstić information content (AvgIpc) is 2.26. The van der Waals surface area contributed by atoms with Gasteiger partial charge in [-0.25, -0.2) is 18.4 Å². The normalized spacial score (nSPS) is 19.5. The van der Waals surface area contributed by atoms with E-state index in [-0.39, 0.29) is 16.9 Å². The molecule has 0 aliphatic carbocycles. The fraction of sp³-hybridized carbons (Fsp3) is 0.667. The molecule has 2 heterocycles. The predicted molar refractivity (Wildman–Crippen MR) is 76.6 cm³/mol. The molecule has 5 nitrogen and oxygen atoms in total. The Hall–Kier alpha value is -0.880. The molecule has 1 saturated heterocycles. The Kier molecular flexibility index (Phi) is 3.75. The van der Waals surface area contributed by atoms with Gasteiger partial charge in [0, 0.05) is 24.6 Å². The summed E-state index contributed by atoms with van der Waals surface area (Å²) >= 11 is 6.04. The van der Waals surface area contributed by atoms with Crippen molar-refractivity contribution in [1.29, 1.82) is 0 Å². The Bertz CT molecular complexity index is 567. The van der Waals surface area contributed by atoms with E-state index in [1.165, 1.54) is 0 Å².